The number of fused-ring (bicyclic) bond motifs is 3. The van der Waals surface area contributed by atoms with E-state index in [0.29, 0.717) is 17.8 Å². The maximum Gasteiger partial charge on any atom is 0.490 e. The Morgan fingerprint density at radius 1 is 1.17 bits per heavy atom. The van der Waals surface area contributed by atoms with Crippen molar-refractivity contribution in [1.29, 1.82) is 0 Å². The third-order valence-electron chi connectivity index (χ3n) is 7.66. The fourth-order valence-electron chi connectivity index (χ4n) is 5.66. The maximum absolute atomic E-state index is 12.4. The van der Waals surface area contributed by atoms with Gasteiger partial charge in [0.05, 0.1) is 19.0 Å². The van der Waals surface area contributed by atoms with E-state index in [1.807, 2.05) is 0 Å². The lowest BCUT2D eigenvalue weighted by atomic mass is 9.58. The first-order chi connectivity index (χ1) is 21.4. The van der Waals surface area contributed by atoms with Gasteiger partial charge >= 0.3 is 23.5 Å². The number of hydrogen-bond donors (Lipinski definition) is 6. The van der Waals surface area contributed by atoms with Crippen molar-refractivity contribution in [2.24, 2.45) is 17.8 Å². The van der Waals surface area contributed by atoms with Crippen molar-refractivity contribution in [3.8, 4) is 11.8 Å². The van der Waals surface area contributed by atoms with Crippen LogP contribution in [-0.4, -0.2) is 75.8 Å². The molecule has 8 atom stereocenters. The Hall–Kier alpha value is -1.20. The van der Waals surface area contributed by atoms with Gasteiger partial charge in [-0.05, 0) is 23.4 Å². The van der Waals surface area contributed by atoms with Crippen LogP contribution in [0.1, 0.15) is 39.3 Å². The van der Waals surface area contributed by atoms with Crippen LogP contribution in [0.4, 0.5) is 5.95 Å². The summed E-state index contributed by atoms with van der Waals surface area (Å²) < 4.78 is 60.9. The van der Waals surface area contributed by atoms with Crippen molar-refractivity contribution >= 4 is 69.4 Å². The number of rotatable bonds is 16. The first kappa shape index (κ1) is 36.1. The Labute approximate surface area is 271 Å². The van der Waals surface area contributed by atoms with Crippen LogP contribution in [0.2, 0.25) is 6.32 Å². The molecule has 24 heteroatoms. The van der Waals surface area contributed by atoms with Gasteiger partial charge in [0.1, 0.15) is 25.6 Å². The van der Waals surface area contributed by atoms with Gasteiger partial charge in [-0.2, -0.15) is 13.6 Å². The lowest BCUT2D eigenvalue weighted by Crippen LogP contribution is -2.29. The molecule has 1 saturated carbocycles. The number of phosphoric acid groups is 3. The Morgan fingerprint density at radius 3 is 2.61 bits per heavy atom. The number of aromatic amines is 1. The van der Waals surface area contributed by atoms with E-state index in [4.69, 9.17) is 29.5 Å². The zero-order valence-corrected chi connectivity index (χ0v) is 28.8. The zero-order chi connectivity index (χ0) is 33.5. The summed E-state index contributed by atoms with van der Waals surface area (Å²) in [7, 11) is -12.5. The quantitative estimate of drug-likeness (QED) is 0.0360. The number of nitrogens with two attached hydrogens (primary N) is 1. The maximum atomic E-state index is 12.4. The van der Waals surface area contributed by atoms with E-state index in [1.165, 1.54) is 28.1 Å². The molecule has 46 heavy (non-hydrogen) atoms. The van der Waals surface area contributed by atoms with Crippen LogP contribution in [0.15, 0.2) is 11.1 Å². The number of H-pyrrole nitrogens is 1. The first-order valence-electron chi connectivity index (χ1n) is 14.0. The molecule has 18 nitrogen and oxygen atoms in total. The second-order valence-electron chi connectivity index (χ2n) is 11.7. The van der Waals surface area contributed by atoms with E-state index >= 15 is 0 Å². The Kier molecular flexibility index (Phi) is 11.0. The summed E-state index contributed by atoms with van der Waals surface area (Å²) in [4.78, 5) is 59.7. The van der Waals surface area contributed by atoms with Crippen molar-refractivity contribution < 1.29 is 55.9 Å². The second-order valence-corrected chi connectivity index (χ2v) is 19.0. The Balaban J connectivity index is 1.21. The van der Waals surface area contributed by atoms with Crippen molar-refractivity contribution in [3.05, 3.63) is 16.7 Å². The van der Waals surface area contributed by atoms with Crippen LogP contribution in [0.25, 0.3) is 11.2 Å². The van der Waals surface area contributed by atoms with Gasteiger partial charge in [0.2, 0.25) is 5.95 Å². The minimum Gasteiger partial charge on any atom is -0.369 e. The fraction of sp³-hybridized carbons (Fsp3) is 0.682. The molecule has 3 heterocycles. The van der Waals surface area contributed by atoms with E-state index in [-0.39, 0.29) is 34.1 Å². The lowest BCUT2D eigenvalue weighted by Gasteiger charge is -2.26. The van der Waals surface area contributed by atoms with Gasteiger partial charge in [-0.1, -0.05) is 53.6 Å². The molecule has 5 rings (SSSR count). The molecule has 1 saturated heterocycles. The molecule has 2 bridgehead atoms. The lowest BCUT2D eigenvalue weighted by molar-refractivity contribution is -0.0522. The average Bonchev–Trinajstić information content (AvgIpc) is 3.70. The Morgan fingerprint density at radius 2 is 1.93 bits per heavy atom. The predicted octanol–water partition coefficient (Wildman–Crippen LogP) is 2.31. The van der Waals surface area contributed by atoms with Crippen LogP contribution in [0.3, 0.4) is 0 Å². The largest absolute Gasteiger partial charge is 0.490 e. The van der Waals surface area contributed by atoms with Crippen LogP contribution in [0, 0.1) is 29.6 Å². The van der Waals surface area contributed by atoms with Crippen molar-refractivity contribution in [2.75, 3.05) is 18.3 Å². The fourth-order valence-corrected chi connectivity index (χ4v) is 11.0. The van der Waals surface area contributed by atoms with E-state index in [1.54, 1.807) is 10.8 Å². The summed E-state index contributed by atoms with van der Waals surface area (Å²) in [5, 5.41) is 0. The number of imidazole rings is 1. The summed E-state index contributed by atoms with van der Waals surface area (Å²) in [6.45, 7) is 3.60. The van der Waals surface area contributed by atoms with Gasteiger partial charge in [-0.15, -0.1) is 0 Å². The minimum atomic E-state index is -5.71. The van der Waals surface area contributed by atoms with Gasteiger partial charge in [0.25, 0.3) is 5.56 Å². The molecule has 0 radical (unpaired) electrons. The normalized spacial score (nSPS) is 28.6. The van der Waals surface area contributed by atoms with E-state index in [9.17, 15) is 28.3 Å². The van der Waals surface area contributed by atoms with Crippen LogP contribution < -0.4 is 11.3 Å². The second kappa shape index (κ2) is 14.0. The number of hydrogen-bond acceptors (Lipinski definition) is 14. The Bertz CT molecular complexity index is 1710. The summed E-state index contributed by atoms with van der Waals surface area (Å²) in [6, 6.07) is 0. The van der Waals surface area contributed by atoms with Gasteiger partial charge in [0, 0.05) is 18.3 Å². The highest BCUT2D eigenvalue weighted by atomic mass is 33.1. The van der Waals surface area contributed by atoms with Gasteiger partial charge < -0.3 is 34.8 Å². The highest BCUT2D eigenvalue weighted by Crippen LogP contribution is 2.66. The molecule has 2 aromatic rings. The smallest absolute Gasteiger partial charge is 0.369 e. The van der Waals surface area contributed by atoms with Crippen LogP contribution in [-0.2, 0) is 36.3 Å². The number of nitrogens with zero attached hydrogens (tertiary/aromatic N) is 3. The molecule has 2 fully saturated rings. The molecule has 0 aromatic carbocycles. The van der Waals surface area contributed by atoms with Crippen molar-refractivity contribution in [1.82, 2.24) is 19.5 Å². The van der Waals surface area contributed by atoms with Gasteiger partial charge in [0.15, 0.2) is 11.2 Å². The van der Waals surface area contributed by atoms with Gasteiger partial charge in [-0.25, -0.2) is 18.7 Å². The summed E-state index contributed by atoms with van der Waals surface area (Å²) in [6.07, 6.45) is 2.20. The van der Waals surface area contributed by atoms with Crippen LogP contribution in [0.5, 0.6) is 0 Å². The number of phosphoric ester groups is 1. The molecule has 0 spiro atoms. The molecule has 2 aliphatic carbocycles. The zero-order valence-electron chi connectivity index (χ0n) is 24.5. The number of aromatic nitrogens is 4. The number of nitrogens with one attached hydrogen (secondary N) is 1. The molecule has 3 aliphatic rings. The minimum absolute atomic E-state index is 0.00125. The molecule has 0 amide bonds. The van der Waals surface area contributed by atoms with E-state index in [2.05, 4.69) is 49.3 Å². The number of anilines is 1. The third-order valence-corrected chi connectivity index (χ3v) is 14.5. The first-order valence-corrected chi connectivity index (χ1v) is 20.8. The van der Waals surface area contributed by atoms with Crippen molar-refractivity contribution in [3.63, 3.8) is 0 Å². The average molecular weight is 743 g/mol. The summed E-state index contributed by atoms with van der Waals surface area (Å²) in [5.74, 6) is 8.38. The van der Waals surface area contributed by atoms with E-state index < -0.39 is 54.1 Å². The SMILES string of the molecule is CC(C)(BCC1CC2C#CC1C2)SSCO[C@@H]1C[C@H](n2cnc3c(=O)[nH]c(N)nc32)OC1COP(=O)(O)OP(=O)(O)OP(=O)(O)O. The van der Waals surface area contributed by atoms with Crippen molar-refractivity contribution in [2.45, 2.75) is 62.5 Å². The topological polar surface area (TPSA) is 268 Å². The third kappa shape index (κ3) is 9.49. The highest BCUT2D eigenvalue weighted by molar-refractivity contribution is 8.77. The molecule has 254 valence electrons. The molecule has 1 aliphatic heterocycles. The monoisotopic (exact) mass is 743 g/mol. The molecule has 7 N–H and O–H groups in total. The number of nitrogen functional groups attached to an aromatic ring is 1. The standard InChI is InChI=1S/C22H33BN5O13P3S2/c1-22(2,23-8-14-6-12-3-4-13(14)5-12)46-45-11-37-15-7-17(28-10-25-18-19(28)26-21(24)27-20(18)29)39-16(15)9-38-43(33,34)41-44(35,36)40-42(30,31)32/h10,12-17,23H,5-9,11H2,1-2H3,(H,33,34)(H,35,36)(H2,30,31,32)(H3,24,26,27,29)/t12?,13?,14?,15-,16?,17-/m1/s1. The molecule has 2 aromatic heterocycles. The molecule has 6 unspecified atom stereocenters. The molecular formula is C22H33BN5O13P3S2. The predicted molar refractivity (Wildman–Crippen MR) is 169 cm³/mol. The summed E-state index contributed by atoms with van der Waals surface area (Å²) in [5.41, 5.74) is 5.25. The van der Waals surface area contributed by atoms with Crippen LogP contribution >= 0.6 is 45.1 Å². The summed E-state index contributed by atoms with van der Waals surface area (Å²) >= 11 is 0. The molecular weight excluding hydrogens is 710 g/mol. The number of ether oxygens (including phenoxy) is 2. The van der Waals surface area contributed by atoms with Gasteiger partial charge in [-0.3, -0.25) is 18.9 Å². The highest BCUT2D eigenvalue weighted by Gasteiger charge is 2.44. The van der Waals surface area contributed by atoms with E-state index in [0.717, 1.165) is 20.0 Å².